The molecule has 37 heavy (non-hydrogen) atoms. The lowest BCUT2D eigenvalue weighted by molar-refractivity contribution is -0.131. The Bertz CT molecular complexity index is 950. The van der Waals surface area contributed by atoms with Crippen LogP contribution in [0.2, 0.25) is 10.0 Å². The Labute approximate surface area is 230 Å². The number of methoxy groups -OCH3 is 1. The predicted molar refractivity (Wildman–Crippen MR) is 148 cm³/mol. The number of benzene rings is 2. The second-order valence-electron chi connectivity index (χ2n) is 9.27. The zero-order valence-corrected chi connectivity index (χ0v) is 23.3. The fourth-order valence-electron chi connectivity index (χ4n) is 4.46. The molecule has 9 heteroatoms. The van der Waals surface area contributed by atoms with Gasteiger partial charge in [0.05, 0.1) is 55.5 Å². The molecule has 0 spiro atoms. The average Bonchev–Trinajstić information content (AvgIpc) is 3.36. The summed E-state index contributed by atoms with van der Waals surface area (Å²) in [6.45, 7) is 6.54. The summed E-state index contributed by atoms with van der Waals surface area (Å²) in [6.07, 6.45) is 1.35. The van der Waals surface area contributed by atoms with E-state index in [1.54, 1.807) is 19.2 Å². The van der Waals surface area contributed by atoms with Crippen molar-refractivity contribution in [2.24, 2.45) is 0 Å². The predicted octanol–water partition coefficient (Wildman–Crippen LogP) is 4.08. The second-order valence-corrected chi connectivity index (χ2v) is 10.1. The highest BCUT2D eigenvalue weighted by molar-refractivity contribution is 6.42. The average molecular weight is 553 g/mol. The first-order valence-corrected chi connectivity index (χ1v) is 13.6. The van der Waals surface area contributed by atoms with E-state index in [9.17, 15) is 4.79 Å². The van der Waals surface area contributed by atoms with E-state index in [1.165, 1.54) is 0 Å². The number of hydrogen-bond acceptors (Lipinski definition) is 6. The van der Waals surface area contributed by atoms with Crippen molar-refractivity contribution in [2.45, 2.75) is 24.9 Å². The molecule has 1 heterocycles. The van der Waals surface area contributed by atoms with Gasteiger partial charge in [0.2, 0.25) is 5.91 Å². The molecule has 1 saturated heterocycles. The highest BCUT2D eigenvalue weighted by Gasteiger charge is 2.28. The topological polar surface area (TPSA) is 63.3 Å². The van der Waals surface area contributed by atoms with Crippen LogP contribution in [0.5, 0.6) is 0 Å². The van der Waals surface area contributed by atoms with E-state index in [0.717, 1.165) is 43.7 Å². The first kappa shape index (κ1) is 29.8. The molecule has 2 atom stereocenters. The molecule has 0 saturated carbocycles. The van der Waals surface area contributed by atoms with Crippen LogP contribution in [0.1, 0.15) is 23.6 Å². The lowest BCUT2D eigenvalue weighted by Gasteiger charge is -2.32. The molecule has 1 fully saturated rings. The monoisotopic (exact) mass is 551 g/mol. The van der Waals surface area contributed by atoms with E-state index in [-0.39, 0.29) is 18.4 Å². The maximum absolute atomic E-state index is 13.3. The standard InChI is InChI=1S/C28H39Cl2N3O4/c1-32(28(34)19-22-8-9-25(29)26(30)18-22)27(23-6-4-3-5-7-23)21-33-12-10-24(20-33)31-11-13-36-16-17-37-15-14-35-2/h3-9,18,24,27,31H,10-17,19-21H2,1-2H3/t24?,27-/m1/s1. The van der Waals surface area contributed by atoms with Crippen molar-refractivity contribution in [3.63, 3.8) is 0 Å². The number of amides is 1. The van der Waals surface area contributed by atoms with E-state index in [2.05, 4.69) is 22.3 Å². The van der Waals surface area contributed by atoms with Gasteiger partial charge < -0.3 is 24.4 Å². The third kappa shape index (κ3) is 10.2. The van der Waals surface area contributed by atoms with Crippen LogP contribution in [0, 0.1) is 0 Å². The fourth-order valence-corrected chi connectivity index (χ4v) is 4.78. The molecular formula is C28H39Cl2N3O4. The van der Waals surface area contributed by atoms with E-state index in [1.807, 2.05) is 36.2 Å². The van der Waals surface area contributed by atoms with Gasteiger partial charge in [0.15, 0.2) is 0 Å². The number of nitrogens with one attached hydrogen (secondary N) is 1. The van der Waals surface area contributed by atoms with Crippen molar-refractivity contribution >= 4 is 29.1 Å². The minimum Gasteiger partial charge on any atom is -0.382 e. The number of hydrogen-bond donors (Lipinski definition) is 1. The molecular weight excluding hydrogens is 513 g/mol. The third-order valence-corrected chi connectivity index (χ3v) is 7.31. The third-order valence-electron chi connectivity index (χ3n) is 6.57. The van der Waals surface area contributed by atoms with Crippen molar-refractivity contribution < 1.29 is 19.0 Å². The van der Waals surface area contributed by atoms with Gasteiger partial charge in [-0.2, -0.15) is 0 Å². The summed E-state index contributed by atoms with van der Waals surface area (Å²) in [5.41, 5.74) is 1.98. The Morgan fingerprint density at radius 2 is 1.78 bits per heavy atom. The summed E-state index contributed by atoms with van der Waals surface area (Å²) in [7, 11) is 3.55. The number of nitrogens with zero attached hydrogens (tertiary/aromatic N) is 2. The van der Waals surface area contributed by atoms with Crippen molar-refractivity contribution in [3.05, 3.63) is 69.7 Å². The van der Waals surface area contributed by atoms with Crippen molar-refractivity contribution in [3.8, 4) is 0 Å². The molecule has 204 valence electrons. The summed E-state index contributed by atoms with van der Waals surface area (Å²) in [6, 6.07) is 16.0. The van der Waals surface area contributed by atoms with Crippen LogP contribution < -0.4 is 5.32 Å². The highest BCUT2D eigenvalue weighted by Crippen LogP contribution is 2.26. The molecule has 1 N–H and O–H groups in total. The summed E-state index contributed by atoms with van der Waals surface area (Å²) in [5, 5.41) is 4.55. The van der Waals surface area contributed by atoms with Crippen LogP contribution in [0.25, 0.3) is 0 Å². The van der Waals surface area contributed by atoms with Crippen LogP contribution in [0.4, 0.5) is 0 Å². The maximum atomic E-state index is 13.3. The second kappa shape index (κ2) is 16.3. The van der Waals surface area contributed by atoms with Gasteiger partial charge in [0.25, 0.3) is 0 Å². The molecule has 1 unspecified atom stereocenters. The Kier molecular flexibility index (Phi) is 13.1. The number of carbonyl (C=O) groups excluding carboxylic acids is 1. The lowest BCUT2D eigenvalue weighted by atomic mass is 10.0. The van der Waals surface area contributed by atoms with Gasteiger partial charge in [0.1, 0.15) is 0 Å². The Hall–Kier alpha value is -1.71. The van der Waals surface area contributed by atoms with Gasteiger partial charge in [-0.25, -0.2) is 0 Å². The first-order chi connectivity index (χ1) is 18.0. The zero-order valence-electron chi connectivity index (χ0n) is 21.8. The van der Waals surface area contributed by atoms with Gasteiger partial charge in [-0.05, 0) is 36.2 Å². The van der Waals surface area contributed by atoms with Gasteiger partial charge in [-0.3, -0.25) is 9.69 Å². The normalized spacial score (nSPS) is 16.7. The van der Waals surface area contributed by atoms with Gasteiger partial charge in [-0.15, -0.1) is 0 Å². The van der Waals surface area contributed by atoms with Crippen LogP contribution in [-0.4, -0.2) is 95.1 Å². The molecule has 7 nitrogen and oxygen atoms in total. The number of halogens is 2. The minimum atomic E-state index is -0.0448. The van der Waals surface area contributed by atoms with E-state index in [0.29, 0.717) is 49.1 Å². The SMILES string of the molecule is COCCOCCOCCNC1CCN(C[C@H](c2ccccc2)N(C)C(=O)Cc2ccc(Cl)c(Cl)c2)C1. The number of ether oxygens (including phenoxy) is 3. The molecule has 2 aromatic carbocycles. The largest absolute Gasteiger partial charge is 0.382 e. The Morgan fingerprint density at radius 1 is 1.05 bits per heavy atom. The Balaban J connectivity index is 1.47. The van der Waals surface area contributed by atoms with Gasteiger partial charge >= 0.3 is 0 Å². The van der Waals surface area contributed by atoms with Crippen LogP contribution in [0.15, 0.2) is 48.5 Å². The molecule has 1 aliphatic rings. The number of rotatable bonds is 16. The summed E-state index contributed by atoms with van der Waals surface area (Å²) < 4.78 is 16.0. The van der Waals surface area contributed by atoms with Gasteiger partial charge in [0, 0.05) is 39.8 Å². The molecule has 3 rings (SSSR count). The summed E-state index contributed by atoms with van der Waals surface area (Å²) >= 11 is 12.2. The maximum Gasteiger partial charge on any atom is 0.227 e. The summed E-state index contributed by atoms with van der Waals surface area (Å²) in [5.74, 6) is 0.0458. The smallest absolute Gasteiger partial charge is 0.227 e. The van der Waals surface area contributed by atoms with Crippen molar-refractivity contribution in [2.75, 3.05) is 73.4 Å². The molecule has 1 amide bonds. The highest BCUT2D eigenvalue weighted by atomic mass is 35.5. The quantitative estimate of drug-likeness (QED) is 0.317. The summed E-state index contributed by atoms with van der Waals surface area (Å²) in [4.78, 5) is 17.5. The van der Waals surface area contributed by atoms with E-state index < -0.39 is 0 Å². The molecule has 0 aliphatic carbocycles. The molecule has 2 aromatic rings. The molecule has 1 aliphatic heterocycles. The van der Waals surface area contributed by atoms with E-state index >= 15 is 0 Å². The Morgan fingerprint density at radius 3 is 2.51 bits per heavy atom. The zero-order chi connectivity index (χ0) is 26.5. The van der Waals surface area contributed by atoms with E-state index in [4.69, 9.17) is 37.4 Å². The lowest BCUT2D eigenvalue weighted by Crippen LogP contribution is -2.41. The van der Waals surface area contributed by atoms with Crippen LogP contribution in [0.3, 0.4) is 0 Å². The first-order valence-electron chi connectivity index (χ1n) is 12.8. The minimum absolute atomic E-state index is 0.0448. The van der Waals surface area contributed by atoms with Crippen LogP contribution >= 0.6 is 23.2 Å². The number of carbonyl (C=O) groups is 1. The van der Waals surface area contributed by atoms with Gasteiger partial charge in [-0.1, -0.05) is 59.6 Å². The fraction of sp³-hybridized carbons (Fsp3) is 0.536. The van der Waals surface area contributed by atoms with Crippen LogP contribution in [-0.2, 0) is 25.4 Å². The number of likely N-dealkylation sites (N-methyl/N-ethyl adjacent to an activating group) is 1. The molecule has 0 bridgehead atoms. The molecule has 0 radical (unpaired) electrons. The van der Waals surface area contributed by atoms with Crippen molar-refractivity contribution in [1.29, 1.82) is 0 Å². The molecule has 0 aromatic heterocycles. The van der Waals surface area contributed by atoms with Crippen molar-refractivity contribution in [1.82, 2.24) is 15.1 Å². The number of likely N-dealkylation sites (tertiary alicyclic amines) is 1.